The Morgan fingerprint density at radius 3 is 2.32 bits per heavy atom. The van der Waals surface area contributed by atoms with E-state index in [1.807, 2.05) is 13.8 Å². The van der Waals surface area contributed by atoms with Crippen molar-refractivity contribution in [2.45, 2.75) is 78.7 Å². The normalized spacial score (nSPS) is 18.0. The van der Waals surface area contributed by atoms with Crippen LogP contribution in [0.2, 0.25) is 0 Å². The number of halogens is 2. The topological polar surface area (TPSA) is 15.3 Å². The second-order valence-corrected chi connectivity index (χ2v) is 7.11. The fourth-order valence-corrected chi connectivity index (χ4v) is 2.52. The molecule has 0 spiro atoms. The summed E-state index contributed by atoms with van der Waals surface area (Å²) in [4.78, 5) is 1.77. The van der Waals surface area contributed by atoms with Gasteiger partial charge >= 0.3 is 0 Å². The van der Waals surface area contributed by atoms with E-state index in [0.717, 1.165) is 18.2 Å². The average Bonchev–Trinajstić information content (AvgIpc) is 2.34. The second-order valence-electron chi connectivity index (χ2n) is 7.11. The number of hydrogen-bond acceptors (Lipinski definition) is 2. The van der Waals surface area contributed by atoms with Gasteiger partial charge in [-0.1, -0.05) is 46.6 Å². The smallest absolute Gasteiger partial charge is 0.260 e. The van der Waals surface area contributed by atoms with Crippen LogP contribution in [0.25, 0.3) is 0 Å². The molecular formula is C18H36F2N2. The number of piperidine rings is 1. The maximum absolute atomic E-state index is 13.1. The molecule has 22 heavy (non-hydrogen) atoms. The molecule has 1 saturated heterocycles. The van der Waals surface area contributed by atoms with Crippen molar-refractivity contribution in [1.82, 2.24) is 10.2 Å². The van der Waals surface area contributed by atoms with E-state index in [4.69, 9.17) is 0 Å². The van der Waals surface area contributed by atoms with E-state index in [1.165, 1.54) is 19.3 Å². The van der Waals surface area contributed by atoms with Gasteiger partial charge in [-0.2, -0.15) is 0 Å². The highest BCUT2D eigenvalue weighted by atomic mass is 19.3. The molecule has 4 heteroatoms. The highest BCUT2D eigenvalue weighted by molar-refractivity contribution is 4.97. The Morgan fingerprint density at radius 1 is 1.27 bits per heavy atom. The first-order valence-electron chi connectivity index (χ1n) is 8.70. The van der Waals surface area contributed by atoms with Crippen molar-refractivity contribution in [1.29, 1.82) is 0 Å². The minimum absolute atomic E-state index is 0.0214. The number of alkyl halides is 2. The third-order valence-corrected chi connectivity index (χ3v) is 3.51. The predicted octanol–water partition coefficient (Wildman–Crippen LogP) is 5.06. The zero-order chi connectivity index (χ0) is 17.2. The van der Waals surface area contributed by atoms with E-state index in [0.29, 0.717) is 19.0 Å². The third-order valence-electron chi connectivity index (χ3n) is 3.51. The number of unbranched alkanes of at least 4 members (excludes halogenated alkanes) is 1. The van der Waals surface area contributed by atoms with E-state index in [1.54, 1.807) is 4.90 Å². The van der Waals surface area contributed by atoms with Gasteiger partial charge in [-0.15, -0.1) is 0 Å². The Labute approximate surface area is 136 Å². The molecule has 0 unspecified atom stereocenters. The van der Waals surface area contributed by atoms with Crippen LogP contribution in [0.1, 0.15) is 66.7 Å². The molecule has 1 heterocycles. The van der Waals surface area contributed by atoms with Crippen LogP contribution in [0, 0.1) is 5.92 Å². The highest BCUT2D eigenvalue weighted by Gasteiger charge is 2.34. The summed E-state index contributed by atoms with van der Waals surface area (Å²) in [5, 5.41) is 3.14. The van der Waals surface area contributed by atoms with Crippen LogP contribution in [0.4, 0.5) is 8.78 Å². The van der Waals surface area contributed by atoms with E-state index < -0.39 is 5.92 Å². The molecule has 1 aliphatic rings. The molecule has 0 amide bonds. The summed E-state index contributed by atoms with van der Waals surface area (Å²) in [6.07, 6.45) is 4.74. The van der Waals surface area contributed by atoms with E-state index >= 15 is 0 Å². The molecule has 0 aliphatic carbocycles. The quantitative estimate of drug-likeness (QED) is 0.705. The molecule has 1 aliphatic heterocycles. The van der Waals surface area contributed by atoms with Gasteiger partial charge in [0, 0.05) is 24.7 Å². The Bertz CT molecular complexity index is 301. The average molecular weight is 318 g/mol. The zero-order valence-electron chi connectivity index (χ0n) is 15.2. The van der Waals surface area contributed by atoms with E-state index in [9.17, 15) is 8.78 Å². The maximum Gasteiger partial charge on any atom is 0.260 e. The fourth-order valence-electron chi connectivity index (χ4n) is 2.52. The van der Waals surface area contributed by atoms with Crippen molar-refractivity contribution in [3.8, 4) is 0 Å². The molecule has 0 bridgehead atoms. The molecule has 0 aromatic carbocycles. The summed E-state index contributed by atoms with van der Waals surface area (Å²) >= 11 is 0. The Hall–Kier alpha value is -0.640. The maximum atomic E-state index is 13.1. The summed E-state index contributed by atoms with van der Waals surface area (Å²) < 4.78 is 26.2. The Morgan fingerprint density at radius 2 is 1.91 bits per heavy atom. The van der Waals surface area contributed by atoms with Crippen LogP contribution >= 0.6 is 0 Å². The first-order chi connectivity index (χ1) is 10.2. The molecule has 0 radical (unpaired) electrons. The lowest BCUT2D eigenvalue weighted by atomic mass is 10.1. The first-order valence-corrected chi connectivity index (χ1v) is 8.70. The van der Waals surface area contributed by atoms with Gasteiger partial charge < -0.3 is 5.32 Å². The van der Waals surface area contributed by atoms with Crippen molar-refractivity contribution in [3.05, 3.63) is 12.3 Å². The molecule has 2 nitrogen and oxygen atoms in total. The molecule has 0 saturated carbocycles. The summed E-state index contributed by atoms with van der Waals surface area (Å²) in [5.41, 5.74) is 0.822. The van der Waals surface area contributed by atoms with Crippen molar-refractivity contribution in [2.24, 2.45) is 5.92 Å². The lowest BCUT2D eigenvalue weighted by molar-refractivity contribution is -0.0618. The minimum atomic E-state index is -2.52. The molecule has 1 fully saturated rings. The largest absolute Gasteiger partial charge is 0.386 e. The van der Waals surface area contributed by atoms with Crippen molar-refractivity contribution in [2.75, 3.05) is 19.6 Å². The van der Waals surface area contributed by atoms with Crippen LogP contribution in [0.5, 0.6) is 0 Å². The minimum Gasteiger partial charge on any atom is -0.386 e. The van der Waals surface area contributed by atoms with Crippen LogP contribution in [0.15, 0.2) is 12.3 Å². The third kappa shape index (κ3) is 12.0. The van der Waals surface area contributed by atoms with Gasteiger partial charge in [0.2, 0.25) is 0 Å². The molecular weight excluding hydrogens is 282 g/mol. The van der Waals surface area contributed by atoms with Crippen LogP contribution in [-0.2, 0) is 0 Å². The number of nitrogens with zero attached hydrogens (tertiary/aromatic N) is 1. The fraction of sp³-hybridized carbons (Fsp3) is 0.889. The van der Waals surface area contributed by atoms with Gasteiger partial charge in [0.1, 0.15) is 0 Å². The molecule has 1 rings (SSSR count). The van der Waals surface area contributed by atoms with Crippen molar-refractivity contribution >= 4 is 0 Å². The monoisotopic (exact) mass is 318 g/mol. The van der Waals surface area contributed by atoms with E-state index in [-0.39, 0.29) is 13.0 Å². The summed E-state index contributed by atoms with van der Waals surface area (Å²) in [6.45, 7) is 15.8. The predicted molar refractivity (Wildman–Crippen MR) is 92.4 cm³/mol. The van der Waals surface area contributed by atoms with Gasteiger partial charge in [0.05, 0.1) is 6.54 Å². The van der Waals surface area contributed by atoms with Crippen molar-refractivity contribution < 1.29 is 8.78 Å². The summed E-state index contributed by atoms with van der Waals surface area (Å²) in [7, 11) is 0. The van der Waals surface area contributed by atoms with Crippen LogP contribution < -0.4 is 5.32 Å². The standard InChI is InChI=1S/C11H20F2N2.C7H16/c1-9(2)14-10(3)7-15-6-4-5-11(12,13)8-15;1-4-5-6-7(2)3/h9,14H,3-8H2,1-2H3;7H,4-6H2,1-3H3. The van der Waals surface area contributed by atoms with Crippen molar-refractivity contribution in [3.63, 3.8) is 0 Å². The second kappa shape index (κ2) is 11.0. The van der Waals surface area contributed by atoms with Gasteiger partial charge in [0.15, 0.2) is 0 Å². The number of rotatable bonds is 7. The molecule has 1 N–H and O–H groups in total. The van der Waals surface area contributed by atoms with Crippen LogP contribution in [-0.4, -0.2) is 36.5 Å². The Balaban J connectivity index is 0.000000534. The first kappa shape index (κ1) is 21.4. The number of likely N-dealkylation sites (tertiary alicyclic amines) is 1. The SMILES string of the molecule is C=C(CN1CCCC(F)(F)C1)NC(C)C.CCCCC(C)C. The Kier molecular flexibility index (Phi) is 10.7. The lowest BCUT2D eigenvalue weighted by Crippen LogP contribution is -2.44. The summed E-state index contributed by atoms with van der Waals surface area (Å²) in [6, 6.07) is 0.308. The zero-order valence-corrected chi connectivity index (χ0v) is 15.2. The van der Waals surface area contributed by atoms with Crippen LogP contribution in [0.3, 0.4) is 0 Å². The number of hydrogen-bond donors (Lipinski definition) is 1. The number of nitrogens with one attached hydrogen (secondary N) is 1. The van der Waals surface area contributed by atoms with Gasteiger partial charge in [-0.25, -0.2) is 8.78 Å². The van der Waals surface area contributed by atoms with Gasteiger partial charge in [0.25, 0.3) is 5.92 Å². The molecule has 0 atom stereocenters. The highest BCUT2D eigenvalue weighted by Crippen LogP contribution is 2.26. The molecule has 0 aromatic rings. The summed E-state index contributed by atoms with van der Waals surface area (Å²) in [5.74, 6) is -1.61. The van der Waals surface area contributed by atoms with Gasteiger partial charge in [-0.3, -0.25) is 4.90 Å². The lowest BCUT2D eigenvalue weighted by Gasteiger charge is -2.33. The molecule has 0 aromatic heterocycles. The van der Waals surface area contributed by atoms with Gasteiger partial charge in [-0.05, 0) is 32.7 Å². The molecule has 132 valence electrons. The van der Waals surface area contributed by atoms with E-state index in [2.05, 4.69) is 32.7 Å².